The van der Waals surface area contributed by atoms with E-state index in [0.717, 1.165) is 19.3 Å². The summed E-state index contributed by atoms with van der Waals surface area (Å²) in [6, 6.07) is 0. The first-order valence-corrected chi connectivity index (χ1v) is 6.67. The van der Waals surface area contributed by atoms with E-state index in [-0.39, 0.29) is 18.3 Å². The quantitative estimate of drug-likeness (QED) is 0.826. The maximum Gasteiger partial charge on any atom is 0.0841 e. The van der Waals surface area contributed by atoms with Gasteiger partial charge in [-0.3, -0.25) is 0 Å². The molecule has 1 rings (SSSR count). The van der Waals surface area contributed by atoms with E-state index in [1.54, 1.807) is 7.11 Å². The van der Waals surface area contributed by atoms with Crippen molar-refractivity contribution in [3.05, 3.63) is 0 Å². The Bertz CT molecular complexity index is 222. The third-order valence-electron chi connectivity index (χ3n) is 3.79. The van der Waals surface area contributed by atoms with E-state index in [1.807, 2.05) is 6.92 Å². The van der Waals surface area contributed by atoms with E-state index in [1.165, 1.54) is 0 Å². The molecule has 0 saturated heterocycles. The Labute approximate surface area is 105 Å². The van der Waals surface area contributed by atoms with E-state index in [2.05, 4.69) is 20.8 Å². The van der Waals surface area contributed by atoms with Gasteiger partial charge in [0, 0.05) is 7.11 Å². The van der Waals surface area contributed by atoms with E-state index in [9.17, 15) is 5.11 Å². The zero-order valence-corrected chi connectivity index (χ0v) is 11.9. The Morgan fingerprint density at radius 1 is 1.29 bits per heavy atom. The van der Waals surface area contributed by atoms with Crippen LogP contribution in [0.4, 0.5) is 0 Å². The van der Waals surface area contributed by atoms with Gasteiger partial charge in [-0.05, 0) is 37.5 Å². The highest BCUT2D eigenvalue weighted by Gasteiger charge is 2.36. The first kappa shape index (κ1) is 14.9. The van der Waals surface area contributed by atoms with Gasteiger partial charge >= 0.3 is 0 Å². The molecule has 102 valence electrons. The van der Waals surface area contributed by atoms with Gasteiger partial charge in [0.15, 0.2) is 0 Å². The van der Waals surface area contributed by atoms with Crippen LogP contribution in [0.5, 0.6) is 0 Å². The van der Waals surface area contributed by atoms with Gasteiger partial charge in [-0.1, -0.05) is 20.8 Å². The molecule has 3 nitrogen and oxygen atoms in total. The zero-order chi connectivity index (χ0) is 13.1. The van der Waals surface area contributed by atoms with Crippen LogP contribution in [0.1, 0.15) is 47.0 Å². The number of ether oxygens (including phenoxy) is 2. The fourth-order valence-corrected chi connectivity index (χ4v) is 2.62. The monoisotopic (exact) mass is 244 g/mol. The molecule has 1 N–H and O–H groups in total. The third kappa shape index (κ3) is 4.57. The molecule has 1 fully saturated rings. The molecule has 1 aliphatic rings. The fraction of sp³-hybridized carbons (Fsp3) is 1.00. The lowest BCUT2D eigenvalue weighted by Gasteiger charge is -2.40. The Morgan fingerprint density at radius 2 is 1.94 bits per heavy atom. The van der Waals surface area contributed by atoms with Gasteiger partial charge < -0.3 is 14.6 Å². The molecule has 0 aliphatic heterocycles. The third-order valence-corrected chi connectivity index (χ3v) is 3.79. The minimum Gasteiger partial charge on any atom is -0.390 e. The number of methoxy groups -OCH3 is 1. The minimum atomic E-state index is -0.312. The summed E-state index contributed by atoms with van der Waals surface area (Å²) >= 11 is 0. The van der Waals surface area contributed by atoms with Crippen LogP contribution in [0.2, 0.25) is 0 Å². The van der Waals surface area contributed by atoms with Crippen LogP contribution in [0.25, 0.3) is 0 Å². The van der Waals surface area contributed by atoms with Crippen molar-refractivity contribution in [2.45, 2.75) is 65.3 Å². The lowest BCUT2D eigenvalue weighted by molar-refractivity contribution is -0.121. The molecular formula is C14H28O3. The Kier molecular flexibility index (Phi) is 5.42. The van der Waals surface area contributed by atoms with Gasteiger partial charge in [-0.25, -0.2) is 0 Å². The lowest BCUT2D eigenvalue weighted by atomic mass is 9.71. The number of rotatable bonds is 4. The van der Waals surface area contributed by atoms with Gasteiger partial charge in [-0.15, -0.1) is 0 Å². The normalized spacial score (nSPS) is 32.5. The summed E-state index contributed by atoms with van der Waals surface area (Å²) in [5, 5.41) is 10.0. The van der Waals surface area contributed by atoms with Crippen molar-refractivity contribution in [2.75, 3.05) is 13.7 Å². The summed E-state index contributed by atoms with van der Waals surface area (Å²) in [5.41, 5.74) is 0.298. The summed E-state index contributed by atoms with van der Waals surface area (Å²) in [5.74, 6) is 0.630. The molecule has 17 heavy (non-hydrogen) atoms. The fourth-order valence-electron chi connectivity index (χ4n) is 2.62. The van der Waals surface area contributed by atoms with E-state index >= 15 is 0 Å². The zero-order valence-electron chi connectivity index (χ0n) is 11.9. The van der Waals surface area contributed by atoms with E-state index in [0.29, 0.717) is 17.9 Å². The minimum absolute atomic E-state index is 0.0295. The molecule has 0 aromatic rings. The van der Waals surface area contributed by atoms with Crippen molar-refractivity contribution in [3.8, 4) is 0 Å². The Morgan fingerprint density at radius 3 is 2.47 bits per heavy atom. The number of hydrogen-bond acceptors (Lipinski definition) is 3. The summed E-state index contributed by atoms with van der Waals surface area (Å²) in [4.78, 5) is 0. The second-order valence-electron chi connectivity index (χ2n) is 6.38. The van der Waals surface area contributed by atoms with Crippen LogP contribution >= 0.6 is 0 Å². The molecular weight excluding hydrogens is 216 g/mol. The van der Waals surface area contributed by atoms with Crippen molar-refractivity contribution < 1.29 is 14.6 Å². The number of hydrogen-bond donors (Lipinski definition) is 1. The Balaban J connectivity index is 2.52. The van der Waals surface area contributed by atoms with Crippen LogP contribution in [-0.2, 0) is 9.47 Å². The van der Waals surface area contributed by atoms with Gasteiger partial charge in [0.05, 0.1) is 24.9 Å². The molecule has 1 saturated carbocycles. The largest absolute Gasteiger partial charge is 0.390 e. The summed E-state index contributed by atoms with van der Waals surface area (Å²) in [7, 11) is 1.68. The molecule has 0 aromatic heterocycles. The highest BCUT2D eigenvalue weighted by atomic mass is 16.5. The molecule has 4 atom stereocenters. The molecule has 4 unspecified atom stereocenters. The standard InChI is InChI=1S/C14H28O3/c1-10(9-16-5)17-13-8-11(14(2,3)4)6-7-12(13)15/h10-13,15H,6-9H2,1-5H3. The molecule has 0 bridgehead atoms. The Hall–Kier alpha value is -0.120. The first-order chi connectivity index (χ1) is 7.84. The molecule has 0 radical (unpaired) electrons. The maximum absolute atomic E-state index is 10.0. The van der Waals surface area contributed by atoms with Gasteiger partial charge in [0.2, 0.25) is 0 Å². The average Bonchev–Trinajstić information content (AvgIpc) is 2.20. The van der Waals surface area contributed by atoms with Crippen molar-refractivity contribution in [3.63, 3.8) is 0 Å². The van der Waals surface area contributed by atoms with Crippen LogP contribution < -0.4 is 0 Å². The predicted octanol–water partition coefficient (Wildman–Crippen LogP) is 2.61. The number of aliphatic hydroxyl groups is 1. The van der Waals surface area contributed by atoms with Crippen LogP contribution in [0, 0.1) is 11.3 Å². The summed E-state index contributed by atoms with van der Waals surface area (Å²) in [6.45, 7) is 9.39. The molecule has 0 heterocycles. The van der Waals surface area contributed by atoms with Crippen molar-refractivity contribution in [1.29, 1.82) is 0 Å². The smallest absolute Gasteiger partial charge is 0.0841 e. The highest BCUT2D eigenvalue weighted by Crippen LogP contribution is 2.39. The number of aliphatic hydroxyl groups excluding tert-OH is 1. The average molecular weight is 244 g/mol. The molecule has 0 aromatic carbocycles. The maximum atomic E-state index is 10.0. The van der Waals surface area contributed by atoms with Gasteiger partial charge in [0.1, 0.15) is 0 Å². The highest BCUT2D eigenvalue weighted by molar-refractivity contribution is 4.86. The predicted molar refractivity (Wildman–Crippen MR) is 69.0 cm³/mol. The van der Waals surface area contributed by atoms with Crippen LogP contribution in [0.15, 0.2) is 0 Å². The van der Waals surface area contributed by atoms with E-state index in [4.69, 9.17) is 9.47 Å². The topological polar surface area (TPSA) is 38.7 Å². The van der Waals surface area contributed by atoms with Crippen molar-refractivity contribution in [1.82, 2.24) is 0 Å². The van der Waals surface area contributed by atoms with Crippen molar-refractivity contribution >= 4 is 0 Å². The summed E-state index contributed by atoms with van der Waals surface area (Å²) < 4.78 is 11.0. The van der Waals surface area contributed by atoms with Crippen molar-refractivity contribution in [2.24, 2.45) is 11.3 Å². The molecule has 3 heteroatoms. The van der Waals surface area contributed by atoms with Crippen LogP contribution in [-0.4, -0.2) is 37.1 Å². The second kappa shape index (κ2) is 6.17. The lowest BCUT2D eigenvalue weighted by Crippen LogP contribution is -2.41. The SMILES string of the molecule is COCC(C)OC1CC(C(C)(C)C)CCC1O. The molecule has 0 spiro atoms. The van der Waals surface area contributed by atoms with Crippen LogP contribution in [0.3, 0.4) is 0 Å². The van der Waals surface area contributed by atoms with Gasteiger partial charge in [0.25, 0.3) is 0 Å². The second-order valence-corrected chi connectivity index (χ2v) is 6.38. The molecule has 0 amide bonds. The molecule has 1 aliphatic carbocycles. The van der Waals surface area contributed by atoms with Gasteiger partial charge in [-0.2, -0.15) is 0 Å². The van der Waals surface area contributed by atoms with E-state index < -0.39 is 0 Å². The first-order valence-electron chi connectivity index (χ1n) is 6.67. The summed E-state index contributed by atoms with van der Waals surface area (Å²) in [6.07, 6.45) is 2.62.